The zero-order chi connectivity index (χ0) is 11.3. The molecule has 3 nitrogen and oxygen atoms in total. The van der Waals surface area contributed by atoms with Gasteiger partial charge in [0.2, 0.25) is 0 Å². The fraction of sp³-hybridized carbons (Fsp3) is 0.917. The van der Waals surface area contributed by atoms with Crippen molar-refractivity contribution >= 4 is 5.97 Å². The van der Waals surface area contributed by atoms with Crippen LogP contribution >= 0.6 is 0 Å². The van der Waals surface area contributed by atoms with Crippen molar-refractivity contribution in [1.29, 1.82) is 0 Å². The summed E-state index contributed by atoms with van der Waals surface area (Å²) in [4.78, 5) is 13.7. The molecule has 1 fully saturated rings. The smallest absolute Gasteiger partial charge is 0.307 e. The van der Waals surface area contributed by atoms with E-state index in [-0.39, 0.29) is 5.97 Å². The molecule has 0 amide bonds. The first-order chi connectivity index (χ1) is 7.15. The first-order valence-corrected chi connectivity index (χ1v) is 6.04. The van der Waals surface area contributed by atoms with Crippen LogP contribution in [0.25, 0.3) is 0 Å². The van der Waals surface area contributed by atoms with E-state index in [1.54, 1.807) is 0 Å². The molecule has 1 unspecified atom stereocenters. The monoisotopic (exact) mass is 213 g/mol. The predicted octanol–water partition coefficient (Wildman–Crippen LogP) is 2.06. The minimum Gasteiger partial charge on any atom is -0.466 e. The maximum atomic E-state index is 11.2. The summed E-state index contributed by atoms with van der Waals surface area (Å²) >= 11 is 0. The number of rotatable bonds is 5. The fourth-order valence-electron chi connectivity index (χ4n) is 2.35. The van der Waals surface area contributed by atoms with Crippen LogP contribution in [0, 0.1) is 5.92 Å². The SMILES string of the molecule is CCOC(=O)CCN1CCCC1C(C)C. The van der Waals surface area contributed by atoms with Crippen LogP contribution in [-0.4, -0.2) is 36.6 Å². The van der Waals surface area contributed by atoms with E-state index < -0.39 is 0 Å². The van der Waals surface area contributed by atoms with Gasteiger partial charge in [-0.2, -0.15) is 0 Å². The topological polar surface area (TPSA) is 29.5 Å². The van der Waals surface area contributed by atoms with Crippen molar-refractivity contribution in [3.8, 4) is 0 Å². The second-order valence-electron chi connectivity index (χ2n) is 4.54. The summed E-state index contributed by atoms with van der Waals surface area (Å²) in [5, 5.41) is 0. The van der Waals surface area contributed by atoms with Crippen LogP contribution in [0.15, 0.2) is 0 Å². The van der Waals surface area contributed by atoms with Crippen molar-refractivity contribution in [3.05, 3.63) is 0 Å². The summed E-state index contributed by atoms with van der Waals surface area (Å²) < 4.78 is 4.93. The molecule has 0 bridgehead atoms. The van der Waals surface area contributed by atoms with Crippen molar-refractivity contribution in [2.75, 3.05) is 19.7 Å². The maximum Gasteiger partial charge on any atom is 0.307 e. The standard InChI is InChI=1S/C12H23NO2/c1-4-15-12(14)7-9-13-8-5-6-11(13)10(2)3/h10-11H,4-9H2,1-3H3. The Morgan fingerprint density at radius 1 is 1.53 bits per heavy atom. The molecule has 1 atom stereocenters. The molecule has 1 heterocycles. The molecule has 0 aliphatic carbocycles. The van der Waals surface area contributed by atoms with Gasteiger partial charge in [-0.15, -0.1) is 0 Å². The molecule has 0 aromatic heterocycles. The Balaban J connectivity index is 2.28. The van der Waals surface area contributed by atoms with E-state index in [9.17, 15) is 4.79 Å². The third kappa shape index (κ3) is 3.82. The Labute approximate surface area is 92.8 Å². The molecule has 1 saturated heterocycles. The summed E-state index contributed by atoms with van der Waals surface area (Å²) in [5.41, 5.74) is 0. The molecular formula is C12H23NO2. The van der Waals surface area contributed by atoms with Crippen molar-refractivity contribution in [1.82, 2.24) is 4.90 Å². The quantitative estimate of drug-likeness (QED) is 0.655. The largest absolute Gasteiger partial charge is 0.466 e. The van der Waals surface area contributed by atoms with Crippen molar-refractivity contribution in [2.45, 2.75) is 46.1 Å². The summed E-state index contributed by atoms with van der Waals surface area (Å²) in [6, 6.07) is 0.666. The molecule has 1 aliphatic heterocycles. The lowest BCUT2D eigenvalue weighted by Gasteiger charge is -2.27. The van der Waals surface area contributed by atoms with E-state index in [0.29, 0.717) is 25.0 Å². The molecule has 0 spiro atoms. The van der Waals surface area contributed by atoms with Crippen LogP contribution < -0.4 is 0 Å². The first kappa shape index (κ1) is 12.5. The number of esters is 1. The number of carbonyl (C=O) groups excluding carboxylic acids is 1. The zero-order valence-electron chi connectivity index (χ0n) is 10.2. The van der Waals surface area contributed by atoms with E-state index in [0.717, 1.165) is 13.1 Å². The Hall–Kier alpha value is -0.570. The number of nitrogens with zero attached hydrogens (tertiary/aromatic N) is 1. The molecule has 0 aromatic rings. The Morgan fingerprint density at radius 3 is 2.87 bits per heavy atom. The number of hydrogen-bond donors (Lipinski definition) is 0. The number of ether oxygens (including phenoxy) is 1. The van der Waals surface area contributed by atoms with Gasteiger partial charge in [-0.3, -0.25) is 9.69 Å². The van der Waals surface area contributed by atoms with Gasteiger partial charge in [-0.05, 0) is 32.2 Å². The Morgan fingerprint density at radius 2 is 2.27 bits per heavy atom. The molecule has 0 radical (unpaired) electrons. The highest BCUT2D eigenvalue weighted by Gasteiger charge is 2.26. The molecule has 88 valence electrons. The third-order valence-electron chi connectivity index (χ3n) is 3.09. The summed E-state index contributed by atoms with van der Waals surface area (Å²) in [6.45, 7) is 8.86. The maximum absolute atomic E-state index is 11.2. The van der Waals surface area contributed by atoms with Crippen molar-refractivity contribution < 1.29 is 9.53 Å². The average molecular weight is 213 g/mol. The molecule has 0 aromatic carbocycles. The number of likely N-dealkylation sites (tertiary alicyclic amines) is 1. The van der Waals surface area contributed by atoms with Gasteiger partial charge in [0.05, 0.1) is 13.0 Å². The highest BCUT2D eigenvalue weighted by Crippen LogP contribution is 2.23. The molecule has 15 heavy (non-hydrogen) atoms. The average Bonchev–Trinajstić information content (AvgIpc) is 2.63. The van der Waals surface area contributed by atoms with Crippen LogP contribution in [0.4, 0.5) is 0 Å². The van der Waals surface area contributed by atoms with E-state index in [1.165, 1.54) is 12.8 Å². The second kappa shape index (κ2) is 6.11. The van der Waals surface area contributed by atoms with E-state index in [2.05, 4.69) is 18.7 Å². The Kier molecular flexibility index (Phi) is 5.09. The van der Waals surface area contributed by atoms with Crippen LogP contribution in [0.1, 0.15) is 40.0 Å². The zero-order valence-corrected chi connectivity index (χ0v) is 10.2. The van der Waals surface area contributed by atoms with E-state index >= 15 is 0 Å². The van der Waals surface area contributed by atoms with E-state index in [1.807, 2.05) is 6.92 Å². The van der Waals surface area contributed by atoms with Gasteiger partial charge < -0.3 is 4.74 Å². The second-order valence-corrected chi connectivity index (χ2v) is 4.54. The minimum absolute atomic E-state index is 0.0630. The highest BCUT2D eigenvalue weighted by atomic mass is 16.5. The lowest BCUT2D eigenvalue weighted by atomic mass is 10.0. The van der Waals surface area contributed by atoms with Gasteiger partial charge in [0.25, 0.3) is 0 Å². The minimum atomic E-state index is -0.0630. The Bertz CT molecular complexity index is 204. The molecule has 1 rings (SSSR count). The van der Waals surface area contributed by atoms with Gasteiger partial charge >= 0.3 is 5.97 Å². The molecule has 3 heteroatoms. The molecule has 1 aliphatic rings. The van der Waals surface area contributed by atoms with Crippen molar-refractivity contribution in [3.63, 3.8) is 0 Å². The summed E-state index contributed by atoms with van der Waals surface area (Å²) in [7, 11) is 0. The number of carbonyl (C=O) groups is 1. The third-order valence-corrected chi connectivity index (χ3v) is 3.09. The lowest BCUT2D eigenvalue weighted by Crippen LogP contribution is -2.35. The van der Waals surface area contributed by atoms with Gasteiger partial charge in [0.1, 0.15) is 0 Å². The predicted molar refractivity (Wildman–Crippen MR) is 60.7 cm³/mol. The van der Waals surface area contributed by atoms with Crippen LogP contribution in [0.2, 0.25) is 0 Å². The number of hydrogen-bond acceptors (Lipinski definition) is 3. The van der Waals surface area contributed by atoms with Gasteiger partial charge in [-0.1, -0.05) is 13.8 Å². The first-order valence-electron chi connectivity index (χ1n) is 6.04. The highest BCUT2D eigenvalue weighted by molar-refractivity contribution is 5.69. The van der Waals surface area contributed by atoms with E-state index in [4.69, 9.17) is 4.74 Å². The molecule has 0 N–H and O–H groups in total. The molecule has 0 saturated carbocycles. The van der Waals surface area contributed by atoms with Gasteiger partial charge in [0.15, 0.2) is 0 Å². The normalized spacial score (nSPS) is 22.3. The van der Waals surface area contributed by atoms with Crippen LogP contribution in [0.3, 0.4) is 0 Å². The van der Waals surface area contributed by atoms with Crippen LogP contribution in [-0.2, 0) is 9.53 Å². The summed E-state index contributed by atoms with van der Waals surface area (Å²) in [5.74, 6) is 0.626. The van der Waals surface area contributed by atoms with Gasteiger partial charge in [-0.25, -0.2) is 0 Å². The summed E-state index contributed by atoms with van der Waals surface area (Å²) in [6.07, 6.45) is 3.09. The molecular weight excluding hydrogens is 190 g/mol. The van der Waals surface area contributed by atoms with Gasteiger partial charge in [0, 0.05) is 12.6 Å². The lowest BCUT2D eigenvalue weighted by molar-refractivity contribution is -0.143. The van der Waals surface area contributed by atoms with Crippen molar-refractivity contribution in [2.24, 2.45) is 5.92 Å². The van der Waals surface area contributed by atoms with Crippen LogP contribution in [0.5, 0.6) is 0 Å². The fourth-order valence-corrected chi connectivity index (χ4v) is 2.35.